The van der Waals surface area contributed by atoms with Crippen molar-refractivity contribution >= 4 is 44.9 Å². The van der Waals surface area contributed by atoms with Crippen LogP contribution in [0.4, 0.5) is 0 Å². The number of aryl methyl sites for hydroxylation is 1. The Kier molecular flexibility index (Phi) is 4.66. The van der Waals surface area contributed by atoms with Crippen LogP contribution in [0.5, 0.6) is 0 Å². The molecule has 0 aliphatic rings. The van der Waals surface area contributed by atoms with Crippen LogP contribution >= 0.6 is 39.1 Å². The van der Waals surface area contributed by atoms with Crippen molar-refractivity contribution in [3.05, 3.63) is 50.2 Å². The van der Waals surface area contributed by atoms with Gasteiger partial charge in [-0.05, 0) is 40.5 Å². The average Bonchev–Trinajstić information content (AvgIpc) is 2.73. The van der Waals surface area contributed by atoms with E-state index in [4.69, 9.17) is 23.2 Å². The monoisotopic (exact) mass is 360 g/mol. The van der Waals surface area contributed by atoms with Crippen molar-refractivity contribution in [3.8, 4) is 0 Å². The second-order valence-electron chi connectivity index (χ2n) is 4.02. The maximum Gasteiger partial charge on any atom is 0.213 e. The fourth-order valence-electron chi connectivity index (χ4n) is 1.77. The van der Waals surface area contributed by atoms with Crippen LogP contribution < -0.4 is 0 Å². The van der Waals surface area contributed by atoms with E-state index in [2.05, 4.69) is 21.0 Å². The summed E-state index contributed by atoms with van der Waals surface area (Å²) < 4.78 is 2.32. The van der Waals surface area contributed by atoms with E-state index in [-0.39, 0.29) is 5.78 Å². The smallest absolute Gasteiger partial charge is 0.213 e. The van der Waals surface area contributed by atoms with E-state index in [1.165, 1.54) is 0 Å². The molecule has 2 rings (SSSR count). The van der Waals surface area contributed by atoms with Gasteiger partial charge in [0, 0.05) is 17.1 Å². The molecular weight excluding hydrogens is 351 g/mol. The molecule has 1 aromatic carbocycles. The van der Waals surface area contributed by atoms with Gasteiger partial charge < -0.3 is 0 Å². The third kappa shape index (κ3) is 3.02. The number of nitrogens with zero attached hydrogens (tertiary/aromatic N) is 2. The molecule has 0 aliphatic heterocycles. The Morgan fingerprint density at radius 1 is 1.42 bits per heavy atom. The lowest BCUT2D eigenvalue weighted by atomic mass is 10.1. The van der Waals surface area contributed by atoms with E-state index in [9.17, 15) is 4.79 Å². The zero-order valence-electron chi connectivity index (χ0n) is 10.2. The maximum atomic E-state index is 12.6. The van der Waals surface area contributed by atoms with Crippen molar-refractivity contribution in [2.45, 2.75) is 19.9 Å². The van der Waals surface area contributed by atoms with Gasteiger partial charge in [0.1, 0.15) is 5.69 Å². The summed E-state index contributed by atoms with van der Waals surface area (Å²) in [5, 5.41) is 5.03. The Balaban J connectivity index is 2.49. The van der Waals surface area contributed by atoms with Crippen molar-refractivity contribution in [2.24, 2.45) is 0 Å². The minimum absolute atomic E-state index is 0.190. The van der Waals surface area contributed by atoms with Gasteiger partial charge in [-0.2, -0.15) is 5.10 Å². The Morgan fingerprint density at radius 3 is 2.84 bits per heavy atom. The van der Waals surface area contributed by atoms with Gasteiger partial charge >= 0.3 is 0 Å². The van der Waals surface area contributed by atoms with Crippen LogP contribution in [0.2, 0.25) is 10.0 Å². The molecule has 0 unspecified atom stereocenters. The molecule has 1 heterocycles. The summed E-state index contributed by atoms with van der Waals surface area (Å²) in [6.07, 6.45) is 2.50. The highest BCUT2D eigenvalue weighted by Crippen LogP contribution is 2.26. The molecule has 0 N–H and O–H groups in total. The minimum atomic E-state index is -0.190. The van der Waals surface area contributed by atoms with Crippen molar-refractivity contribution in [1.29, 1.82) is 0 Å². The highest BCUT2D eigenvalue weighted by Gasteiger charge is 2.21. The van der Waals surface area contributed by atoms with Gasteiger partial charge in [-0.25, -0.2) is 0 Å². The highest BCUT2D eigenvalue weighted by atomic mass is 79.9. The van der Waals surface area contributed by atoms with Gasteiger partial charge in [0.2, 0.25) is 5.78 Å². The summed E-state index contributed by atoms with van der Waals surface area (Å²) >= 11 is 15.3. The minimum Gasteiger partial charge on any atom is -0.287 e. The van der Waals surface area contributed by atoms with Crippen LogP contribution in [0, 0.1) is 0 Å². The molecule has 0 spiro atoms. The number of carbonyl (C=O) groups excluding carboxylic acids is 1. The molecular formula is C13H11BrCl2N2O. The Labute approximate surface area is 129 Å². The van der Waals surface area contributed by atoms with Gasteiger partial charge in [-0.1, -0.05) is 30.1 Å². The van der Waals surface area contributed by atoms with E-state index in [0.717, 1.165) is 6.42 Å². The zero-order chi connectivity index (χ0) is 14.0. The van der Waals surface area contributed by atoms with Crippen molar-refractivity contribution in [1.82, 2.24) is 9.78 Å². The lowest BCUT2D eigenvalue weighted by molar-refractivity contribution is 0.102. The normalized spacial score (nSPS) is 10.7. The number of carbonyl (C=O) groups is 1. The fraction of sp³-hybridized carbons (Fsp3) is 0.231. The molecule has 0 bridgehead atoms. The first-order valence-electron chi connectivity index (χ1n) is 5.75. The summed E-state index contributed by atoms with van der Waals surface area (Å²) in [4.78, 5) is 12.6. The van der Waals surface area contributed by atoms with Gasteiger partial charge in [0.05, 0.1) is 15.7 Å². The highest BCUT2D eigenvalue weighted by molar-refractivity contribution is 9.10. The molecule has 6 heteroatoms. The Hall–Kier alpha value is -0.840. The summed E-state index contributed by atoms with van der Waals surface area (Å²) in [6.45, 7) is 2.70. The molecule has 19 heavy (non-hydrogen) atoms. The van der Waals surface area contributed by atoms with E-state index < -0.39 is 0 Å². The predicted octanol–water partition coefficient (Wildman–Crippen LogP) is 4.59. The fourth-order valence-corrected chi connectivity index (χ4v) is 2.62. The van der Waals surface area contributed by atoms with Crippen molar-refractivity contribution in [3.63, 3.8) is 0 Å². The number of hydrogen-bond donors (Lipinski definition) is 0. The molecule has 100 valence electrons. The Morgan fingerprint density at radius 2 is 2.16 bits per heavy atom. The summed E-state index contributed by atoms with van der Waals surface area (Å²) in [5.74, 6) is -0.190. The lowest BCUT2D eigenvalue weighted by Crippen LogP contribution is -2.12. The number of ketones is 1. The van der Waals surface area contributed by atoms with Gasteiger partial charge in [0.25, 0.3) is 0 Å². The molecule has 0 saturated heterocycles. The first-order valence-corrected chi connectivity index (χ1v) is 7.30. The van der Waals surface area contributed by atoms with E-state index >= 15 is 0 Å². The first-order chi connectivity index (χ1) is 9.04. The largest absolute Gasteiger partial charge is 0.287 e. The number of benzene rings is 1. The van der Waals surface area contributed by atoms with Crippen LogP contribution in [-0.2, 0) is 6.54 Å². The van der Waals surface area contributed by atoms with Crippen molar-refractivity contribution in [2.75, 3.05) is 0 Å². The predicted molar refractivity (Wildman–Crippen MR) is 80.1 cm³/mol. The molecule has 2 aromatic rings. The zero-order valence-corrected chi connectivity index (χ0v) is 13.3. The van der Waals surface area contributed by atoms with Crippen LogP contribution in [0.3, 0.4) is 0 Å². The lowest BCUT2D eigenvalue weighted by Gasteiger charge is -2.08. The molecule has 0 aliphatic carbocycles. The summed E-state index contributed by atoms with van der Waals surface area (Å²) in [7, 11) is 0. The molecule has 0 radical (unpaired) electrons. The second-order valence-corrected chi connectivity index (χ2v) is 5.72. The molecule has 0 atom stereocenters. The van der Waals surface area contributed by atoms with Crippen molar-refractivity contribution < 1.29 is 4.79 Å². The number of aromatic nitrogens is 2. The maximum absolute atomic E-state index is 12.6. The summed E-state index contributed by atoms with van der Waals surface area (Å²) in [5.41, 5.74) is 0.874. The van der Waals surface area contributed by atoms with Gasteiger partial charge in [-0.15, -0.1) is 0 Å². The standard InChI is InChI=1S/C13H11BrCl2N2O/c1-2-5-18-12(10(14)7-17-18)13(19)9-6-8(15)3-4-11(9)16/h3-4,6-7H,2,5H2,1H3. The number of rotatable bonds is 4. The van der Waals surface area contributed by atoms with Crippen LogP contribution in [0.25, 0.3) is 0 Å². The number of hydrogen-bond acceptors (Lipinski definition) is 2. The Bertz CT molecular complexity index is 625. The average molecular weight is 362 g/mol. The summed E-state index contributed by atoms with van der Waals surface area (Å²) in [6, 6.07) is 4.84. The molecule has 1 aromatic heterocycles. The van der Waals surface area contributed by atoms with E-state index in [1.54, 1.807) is 29.1 Å². The molecule has 0 fully saturated rings. The molecule has 0 saturated carbocycles. The third-order valence-electron chi connectivity index (χ3n) is 2.62. The number of halogens is 3. The van der Waals surface area contributed by atoms with Gasteiger partial charge in [-0.3, -0.25) is 9.48 Å². The third-order valence-corrected chi connectivity index (χ3v) is 3.76. The SMILES string of the molecule is CCCn1ncc(Br)c1C(=O)c1cc(Cl)ccc1Cl. The van der Waals surface area contributed by atoms with E-state index in [1.807, 2.05) is 6.92 Å². The van der Waals surface area contributed by atoms with E-state index in [0.29, 0.717) is 32.3 Å². The topological polar surface area (TPSA) is 34.9 Å². The molecule has 3 nitrogen and oxygen atoms in total. The van der Waals surface area contributed by atoms with Crippen LogP contribution in [0.15, 0.2) is 28.9 Å². The first kappa shape index (κ1) is 14.6. The van der Waals surface area contributed by atoms with Gasteiger partial charge in [0.15, 0.2) is 0 Å². The molecule has 0 amide bonds. The van der Waals surface area contributed by atoms with Crippen LogP contribution in [0.1, 0.15) is 29.4 Å². The van der Waals surface area contributed by atoms with Crippen LogP contribution in [-0.4, -0.2) is 15.6 Å². The quantitative estimate of drug-likeness (QED) is 0.746. The second kappa shape index (κ2) is 6.07.